The number of nitrogens with one attached hydrogen (secondary N) is 1. The fraction of sp³-hybridized carbons (Fsp3) is 0.891. The predicted molar refractivity (Wildman–Crippen MR) is 226 cm³/mol. The van der Waals surface area contributed by atoms with Crippen LogP contribution >= 0.6 is 0 Å². The Morgan fingerprint density at radius 2 is 1.04 bits per heavy atom. The van der Waals surface area contributed by atoms with Crippen molar-refractivity contribution in [2.45, 2.75) is 249 Å². The maximum Gasteiger partial charge on any atom is 0.220 e. The van der Waals surface area contributed by atoms with Crippen molar-refractivity contribution in [2.75, 3.05) is 13.2 Å². The number of aliphatic hydroxyl groups excluding tert-OH is 5. The standard InChI is InChI=1S/C46H87NO8/c1-3-5-7-9-11-13-15-17-18-19-20-21-22-23-24-26-28-30-32-34-36-42(50)47-39(38-54-46-45(53)44(52)43(51)41(37-48)55-46)40(49)35-33-31-29-27-25-16-14-12-10-8-6-4-2/h25,27,33,35,39-41,43-46,48-49,51-53H,3-24,26,28-32,34,36-38H2,1-2H3,(H,47,50)/b27-25+,35-33+. The molecule has 0 aliphatic carbocycles. The minimum atomic E-state index is -1.57. The monoisotopic (exact) mass is 782 g/mol. The number of unbranched alkanes of at least 4 members (excludes halogenated alkanes) is 26. The molecule has 1 saturated heterocycles. The number of hydrogen-bond acceptors (Lipinski definition) is 8. The zero-order chi connectivity index (χ0) is 40.2. The first-order valence-corrected chi connectivity index (χ1v) is 23.1. The maximum atomic E-state index is 12.9. The molecule has 9 heteroatoms. The van der Waals surface area contributed by atoms with E-state index >= 15 is 0 Å². The minimum absolute atomic E-state index is 0.185. The summed E-state index contributed by atoms with van der Waals surface area (Å²) < 4.78 is 11.2. The summed E-state index contributed by atoms with van der Waals surface area (Å²) in [7, 11) is 0. The quantitative estimate of drug-likeness (QED) is 0.0268. The van der Waals surface area contributed by atoms with E-state index in [1.54, 1.807) is 6.08 Å². The normalized spacial score (nSPS) is 21.5. The number of amides is 1. The molecule has 6 N–H and O–H groups in total. The SMILES string of the molecule is CCCCCCCC/C=C/CC/C=C/C(O)C(COC1OC(CO)C(O)C(O)C1O)NC(=O)CCCCCCCCCCCCCCCCCCCCCC. The van der Waals surface area contributed by atoms with Crippen molar-refractivity contribution >= 4 is 5.91 Å². The molecule has 7 atom stereocenters. The van der Waals surface area contributed by atoms with Gasteiger partial charge in [0.1, 0.15) is 24.4 Å². The highest BCUT2D eigenvalue weighted by molar-refractivity contribution is 5.76. The van der Waals surface area contributed by atoms with Gasteiger partial charge in [-0.2, -0.15) is 0 Å². The number of rotatable bonds is 38. The van der Waals surface area contributed by atoms with Gasteiger partial charge in [0.2, 0.25) is 5.91 Å². The van der Waals surface area contributed by atoms with E-state index in [-0.39, 0.29) is 12.5 Å². The van der Waals surface area contributed by atoms with Gasteiger partial charge in [-0.25, -0.2) is 0 Å². The van der Waals surface area contributed by atoms with E-state index in [1.165, 1.54) is 148 Å². The van der Waals surface area contributed by atoms with Crippen molar-refractivity contribution in [3.05, 3.63) is 24.3 Å². The number of carbonyl (C=O) groups excluding carboxylic acids is 1. The summed E-state index contributed by atoms with van der Waals surface area (Å²) in [4.78, 5) is 12.9. The van der Waals surface area contributed by atoms with E-state index in [1.807, 2.05) is 6.08 Å². The highest BCUT2D eigenvalue weighted by Crippen LogP contribution is 2.22. The molecule has 324 valence electrons. The Bertz CT molecular complexity index is 914. The molecule has 9 nitrogen and oxygen atoms in total. The fourth-order valence-corrected chi connectivity index (χ4v) is 7.29. The van der Waals surface area contributed by atoms with Crippen LogP contribution in [0.15, 0.2) is 24.3 Å². The molecule has 1 fully saturated rings. The maximum absolute atomic E-state index is 12.9. The highest BCUT2D eigenvalue weighted by atomic mass is 16.7. The van der Waals surface area contributed by atoms with Gasteiger partial charge in [0.05, 0.1) is 25.4 Å². The van der Waals surface area contributed by atoms with Crippen LogP contribution in [0.25, 0.3) is 0 Å². The van der Waals surface area contributed by atoms with Gasteiger partial charge in [-0.1, -0.05) is 192 Å². The first-order valence-electron chi connectivity index (χ1n) is 23.1. The van der Waals surface area contributed by atoms with E-state index in [9.17, 15) is 30.3 Å². The average Bonchev–Trinajstić information content (AvgIpc) is 3.18. The lowest BCUT2D eigenvalue weighted by molar-refractivity contribution is -0.302. The van der Waals surface area contributed by atoms with Gasteiger partial charge in [-0.05, 0) is 32.1 Å². The van der Waals surface area contributed by atoms with Crippen molar-refractivity contribution in [1.82, 2.24) is 5.32 Å². The van der Waals surface area contributed by atoms with E-state index in [0.717, 1.165) is 38.5 Å². The third-order valence-electron chi connectivity index (χ3n) is 11.0. The topological polar surface area (TPSA) is 149 Å². The molecule has 55 heavy (non-hydrogen) atoms. The summed E-state index contributed by atoms with van der Waals surface area (Å²) in [6.45, 7) is 3.74. The molecule has 0 bridgehead atoms. The zero-order valence-corrected chi connectivity index (χ0v) is 35.4. The van der Waals surface area contributed by atoms with Crippen LogP contribution in [0.1, 0.15) is 206 Å². The van der Waals surface area contributed by atoms with Crippen LogP contribution in [0.5, 0.6) is 0 Å². The number of ether oxygens (including phenoxy) is 2. The van der Waals surface area contributed by atoms with Crippen LogP contribution in [-0.4, -0.2) is 87.5 Å². The first-order chi connectivity index (χ1) is 26.8. The molecule has 0 aromatic heterocycles. The molecule has 1 heterocycles. The third kappa shape index (κ3) is 27.9. The van der Waals surface area contributed by atoms with E-state index in [2.05, 4.69) is 31.3 Å². The summed E-state index contributed by atoms with van der Waals surface area (Å²) in [5, 5.41) is 54.1. The summed E-state index contributed by atoms with van der Waals surface area (Å²) in [6, 6.07) is -0.815. The smallest absolute Gasteiger partial charge is 0.220 e. The second-order valence-corrected chi connectivity index (χ2v) is 16.2. The highest BCUT2D eigenvalue weighted by Gasteiger charge is 2.44. The lowest BCUT2D eigenvalue weighted by Crippen LogP contribution is -2.60. The first kappa shape index (κ1) is 51.7. The van der Waals surface area contributed by atoms with Crippen LogP contribution in [0, 0.1) is 0 Å². The molecule has 7 unspecified atom stereocenters. The number of aliphatic hydroxyl groups is 5. The molecule has 0 spiro atoms. The Labute approximate surface area is 337 Å². The summed E-state index contributed by atoms with van der Waals surface area (Å²) in [5.41, 5.74) is 0. The van der Waals surface area contributed by atoms with Crippen molar-refractivity contribution in [2.24, 2.45) is 0 Å². The Morgan fingerprint density at radius 3 is 1.53 bits per heavy atom. The molecule has 1 rings (SSSR count). The van der Waals surface area contributed by atoms with Crippen molar-refractivity contribution in [3.8, 4) is 0 Å². The average molecular weight is 782 g/mol. The molecular weight excluding hydrogens is 695 g/mol. The lowest BCUT2D eigenvalue weighted by atomic mass is 9.99. The van der Waals surface area contributed by atoms with Gasteiger partial charge in [0.15, 0.2) is 6.29 Å². The van der Waals surface area contributed by atoms with Gasteiger partial charge in [-0.3, -0.25) is 4.79 Å². The van der Waals surface area contributed by atoms with Crippen LogP contribution in [0.3, 0.4) is 0 Å². The second-order valence-electron chi connectivity index (χ2n) is 16.2. The van der Waals surface area contributed by atoms with E-state index in [0.29, 0.717) is 6.42 Å². The largest absolute Gasteiger partial charge is 0.394 e. The van der Waals surface area contributed by atoms with Gasteiger partial charge in [-0.15, -0.1) is 0 Å². The Kier molecular flexibility index (Phi) is 34.7. The van der Waals surface area contributed by atoms with Gasteiger partial charge < -0.3 is 40.3 Å². The number of carbonyl (C=O) groups is 1. The fourth-order valence-electron chi connectivity index (χ4n) is 7.29. The zero-order valence-electron chi connectivity index (χ0n) is 35.4. The van der Waals surface area contributed by atoms with Gasteiger partial charge in [0, 0.05) is 6.42 Å². The Balaban J connectivity index is 2.32. The van der Waals surface area contributed by atoms with Gasteiger partial charge >= 0.3 is 0 Å². The molecule has 0 aromatic rings. The molecule has 1 aliphatic rings. The molecule has 0 radical (unpaired) electrons. The molecular formula is C46H87NO8. The second kappa shape index (κ2) is 37.0. The van der Waals surface area contributed by atoms with Crippen LogP contribution in [0.2, 0.25) is 0 Å². The lowest BCUT2D eigenvalue weighted by Gasteiger charge is -2.40. The van der Waals surface area contributed by atoms with Crippen LogP contribution in [0.4, 0.5) is 0 Å². The summed E-state index contributed by atoms with van der Waals surface area (Å²) in [6.07, 6.45) is 36.6. The molecule has 1 amide bonds. The molecule has 1 aliphatic heterocycles. The van der Waals surface area contributed by atoms with E-state index in [4.69, 9.17) is 9.47 Å². The van der Waals surface area contributed by atoms with Crippen molar-refractivity contribution < 1.29 is 39.8 Å². The minimum Gasteiger partial charge on any atom is -0.394 e. The molecule has 0 saturated carbocycles. The number of allylic oxidation sites excluding steroid dienone is 3. The van der Waals surface area contributed by atoms with Crippen LogP contribution < -0.4 is 5.32 Å². The molecule has 0 aromatic carbocycles. The van der Waals surface area contributed by atoms with Crippen LogP contribution in [-0.2, 0) is 14.3 Å². The Hall–Kier alpha value is -1.33. The number of hydrogen-bond donors (Lipinski definition) is 6. The third-order valence-corrected chi connectivity index (χ3v) is 11.0. The van der Waals surface area contributed by atoms with Crippen molar-refractivity contribution in [3.63, 3.8) is 0 Å². The van der Waals surface area contributed by atoms with Crippen molar-refractivity contribution in [1.29, 1.82) is 0 Å². The summed E-state index contributed by atoms with van der Waals surface area (Å²) >= 11 is 0. The van der Waals surface area contributed by atoms with E-state index < -0.39 is 49.5 Å². The summed E-state index contributed by atoms with van der Waals surface area (Å²) in [5.74, 6) is -0.185. The predicted octanol–water partition coefficient (Wildman–Crippen LogP) is 9.50. The Morgan fingerprint density at radius 1 is 0.600 bits per heavy atom. The van der Waals surface area contributed by atoms with Gasteiger partial charge in [0.25, 0.3) is 0 Å².